The smallest absolute Gasteiger partial charge is 0.408 e. The van der Waals surface area contributed by atoms with E-state index in [-0.39, 0.29) is 12.6 Å². The van der Waals surface area contributed by atoms with Crippen molar-refractivity contribution in [2.24, 2.45) is 0 Å². The van der Waals surface area contributed by atoms with Crippen LogP contribution >= 0.6 is 0 Å². The van der Waals surface area contributed by atoms with Crippen LogP contribution < -0.4 is 5.32 Å². The van der Waals surface area contributed by atoms with Crippen molar-refractivity contribution in [2.75, 3.05) is 6.61 Å². The van der Waals surface area contributed by atoms with Gasteiger partial charge in [0.25, 0.3) is 0 Å². The van der Waals surface area contributed by atoms with Crippen molar-refractivity contribution in [1.82, 2.24) is 5.32 Å². The Bertz CT molecular complexity index is 1100. The maximum atomic E-state index is 12.0. The number of rotatable bonds is 6. The highest BCUT2D eigenvalue weighted by Gasteiger charge is 2.22. The SMILES string of the molecule is C=Cc1ccc(C(=O)OC(C)(C)C)cc1.CC(C)(C)OC(=O)N[C@H](CO)c1ccc(C(=O)OC(C)(C)C)cc1. The summed E-state index contributed by atoms with van der Waals surface area (Å²) in [5.41, 5.74) is 0.983. The van der Waals surface area contributed by atoms with Gasteiger partial charge in [0.05, 0.1) is 23.8 Å². The van der Waals surface area contributed by atoms with Gasteiger partial charge in [-0.25, -0.2) is 14.4 Å². The van der Waals surface area contributed by atoms with Crippen molar-refractivity contribution < 1.29 is 33.7 Å². The van der Waals surface area contributed by atoms with E-state index in [1.807, 2.05) is 32.9 Å². The lowest BCUT2D eigenvalue weighted by Gasteiger charge is -2.23. The molecule has 0 unspecified atom stereocenters. The van der Waals surface area contributed by atoms with Crippen LogP contribution in [0.2, 0.25) is 0 Å². The van der Waals surface area contributed by atoms with Crippen molar-refractivity contribution in [3.8, 4) is 0 Å². The minimum atomic E-state index is -0.620. The first-order valence-electron chi connectivity index (χ1n) is 12.7. The van der Waals surface area contributed by atoms with Crippen molar-refractivity contribution in [3.05, 3.63) is 77.4 Å². The van der Waals surface area contributed by atoms with E-state index < -0.39 is 34.9 Å². The first-order valence-corrected chi connectivity index (χ1v) is 12.7. The summed E-state index contributed by atoms with van der Waals surface area (Å²) in [5.74, 6) is -0.715. The van der Waals surface area contributed by atoms with E-state index in [0.717, 1.165) is 5.56 Å². The third-order valence-corrected chi connectivity index (χ3v) is 4.60. The predicted molar refractivity (Wildman–Crippen MR) is 153 cm³/mol. The van der Waals surface area contributed by atoms with Gasteiger partial charge in [-0.05, 0) is 97.7 Å². The van der Waals surface area contributed by atoms with Gasteiger partial charge in [0.15, 0.2) is 0 Å². The number of aliphatic hydroxyl groups excluding tert-OH is 1. The van der Waals surface area contributed by atoms with Crippen LogP contribution in [0.5, 0.6) is 0 Å². The average Bonchev–Trinajstić information content (AvgIpc) is 2.80. The molecule has 0 saturated carbocycles. The molecule has 214 valence electrons. The van der Waals surface area contributed by atoms with E-state index in [4.69, 9.17) is 14.2 Å². The first-order chi connectivity index (χ1) is 17.8. The van der Waals surface area contributed by atoms with Gasteiger partial charge in [-0.1, -0.05) is 36.9 Å². The molecule has 1 atom stereocenters. The van der Waals surface area contributed by atoms with Gasteiger partial charge in [-0.15, -0.1) is 0 Å². The number of hydrogen-bond donors (Lipinski definition) is 2. The van der Waals surface area contributed by atoms with Crippen LogP contribution in [0.15, 0.2) is 55.1 Å². The van der Waals surface area contributed by atoms with Crippen LogP contribution in [0.1, 0.15) is 100 Å². The quantitative estimate of drug-likeness (QED) is 0.318. The van der Waals surface area contributed by atoms with Crippen molar-refractivity contribution in [2.45, 2.75) is 85.2 Å². The molecule has 2 aromatic carbocycles. The Hall–Kier alpha value is -3.65. The monoisotopic (exact) mass is 541 g/mol. The molecule has 0 bridgehead atoms. The molecule has 0 heterocycles. The van der Waals surface area contributed by atoms with Crippen molar-refractivity contribution >= 4 is 24.1 Å². The Morgan fingerprint density at radius 1 is 0.744 bits per heavy atom. The number of esters is 2. The zero-order valence-corrected chi connectivity index (χ0v) is 24.6. The number of carbonyl (C=O) groups excluding carboxylic acids is 3. The van der Waals surface area contributed by atoms with Gasteiger partial charge < -0.3 is 24.6 Å². The number of ether oxygens (including phenoxy) is 3. The molecular formula is C31H43NO7. The molecule has 39 heavy (non-hydrogen) atoms. The summed E-state index contributed by atoms with van der Waals surface area (Å²) < 4.78 is 15.7. The van der Waals surface area contributed by atoms with Gasteiger partial charge in [0.2, 0.25) is 0 Å². The molecule has 0 radical (unpaired) electrons. The van der Waals surface area contributed by atoms with Crippen LogP contribution in [0.25, 0.3) is 6.08 Å². The highest BCUT2D eigenvalue weighted by molar-refractivity contribution is 5.90. The van der Waals surface area contributed by atoms with E-state index in [1.54, 1.807) is 84.0 Å². The maximum Gasteiger partial charge on any atom is 0.408 e. The topological polar surface area (TPSA) is 111 Å². The Labute approximate surface area is 232 Å². The average molecular weight is 542 g/mol. The molecule has 0 saturated heterocycles. The molecule has 2 N–H and O–H groups in total. The largest absolute Gasteiger partial charge is 0.456 e. The van der Waals surface area contributed by atoms with Crippen molar-refractivity contribution in [3.63, 3.8) is 0 Å². The second-order valence-electron chi connectivity index (χ2n) is 11.8. The molecule has 2 rings (SSSR count). The molecule has 0 fully saturated rings. The van der Waals surface area contributed by atoms with Gasteiger partial charge in [-0.3, -0.25) is 0 Å². The lowest BCUT2D eigenvalue weighted by molar-refractivity contribution is 0.00570. The summed E-state index contributed by atoms with van der Waals surface area (Å²) in [4.78, 5) is 35.4. The number of amides is 1. The molecule has 0 aliphatic rings. The number of nitrogens with one attached hydrogen (secondary N) is 1. The number of carbonyl (C=O) groups is 3. The zero-order chi connectivity index (χ0) is 30.0. The fraction of sp³-hybridized carbons (Fsp3) is 0.452. The third-order valence-electron chi connectivity index (χ3n) is 4.60. The summed E-state index contributed by atoms with van der Waals surface area (Å²) in [7, 11) is 0. The molecule has 2 aromatic rings. The molecule has 8 heteroatoms. The van der Waals surface area contributed by atoms with Crippen molar-refractivity contribution in [1.29, 1.82) is 0 Å². The van der Waals surface area contributed by atoms with Crippen LogP contribution in [0.4, 0.5) is 4.79 Å². The summed E-state index contributed by atoms with van der Waals surface area (Å²) in [5, 5.41) is 12.1. The van der Waals surface area contributed by atoms with E-state index in [2.05, 4.69) is 11.9 Å². The highest BCUT2D eigenvalue weighted by Crippen LogP contribution is 2.18. The summed E-state index contributed by atoms with van der Waals surface area (Å²) in [6.07, 6.45) is 1.12. The summed E-state index contributed by atoms with van der Waals surface area (Å²) >= 11 is 0. The minimum Gasteiger partial charge on any atom is -0.456 e. The molecule has 0 aliphatic heterocycles. The number of hydrogen-bond acceptors (Lipinski definition) is 7. The maximum absolute atomic E-state index is 12.0. The second kappa shape index (κ2) is 13.9. The van der Waals surface area contributed by atoms with Gasteiger partial charge in [0, 0.05) is 0 Å². The van der Waals surface area contributed by atoms with Crippen LogP contribution in [0.3, 0.4) is 0 Å². The fourth-order valence-corrected chi connectivity index (χ4v) is 2.97. The van der Waals surface area contributed by atoms with E-state index >= 15 is 0 Å². The fourth-order valence-electron chi connectivity index (χ4n) is 2.97. The first kappa shape index (κ1) is 33.4. The molecular weight excluding hydrogens is 498 g/mol. The standard InChI is InChI=1S/C18H27NO5.C13H16O2/c1-17(2,3)23-15(21)13-9-7-12(8-10-13)14(11-20)19-16(22)24-18(4,5)6;1-5-10-6-8-11(9-7-10)12(14)15-13(2,3)4/h7-10,14,20H,11H2,1-6H3,(H,19,22);5-9H,1H2,2-4H3/t14-;/m1./s1. The normalized spacial score (nSPS) is 12.3. The Morgan fingerprint density at radius 2 is 1.13 bits per heavy atom. The zero-order valence-electron chi connectivity index (χ0n) is 24.6. The molecule has 0 aromatic heterocycles. The Balaban J connectivity index is 0.000000434. The van der Waals surface area contributed by atoms with Crippen LogP contribution in [0, 0.1) is 0 Å². The number of aliphatic hydroxyl groups is 1. The highest BCUT2D eigenvalue weighted by atomic mass is 16.6. The van der Waals surface area contributed by atoms with E-state index in [0.29, 0.717) is 16.7 Å². The second-order valence-corrected chi connectivity index (χ2v) is 11.8. The number of benzene rings is 2. The summed E-state index contributed by atoms with van der Waals surface area (Å²) in [6.45, 7) is 19.6. The molecule has 0 spiro atoms. The minimum absolute atomic E-state index is 0.287. The van der Waals surface area contributed by atoms with E-state index in [9.17, 15) is 19.5 Å². The molecule has 8 nitrogen and oxygen atoms in total. The third kappa shape index (κ3) is 13.6. The van der Waals surface area contributed by atoms with Gasteiger partial charge in [0.1, 0.15) is 16.8 Å². The lowest BCUT2D eigenvalue weighted by atomic mass is 10.1. The van der Waals surface area contributed by atoms with Crippen LogP contribution in [-0.2, 0) is 14.2 Å². The molecule has 0 aliphatic carbocycles. The van der Waals surface area contributed by atoms with E-state index in [1.165, 1.54) is 0 Å². The van der Waals surface area contributed by atoms with Gasteiger partial charge >= 0.3 is 18.0 Å². The van der Waals surface area contributed by atoms with Crippen LogP contribution in [-0.4, -0.2) is 46.5 Å². The predicted octanol–water partition coefficient (Wildman–Crippen LogP) is 6.48. The Morgan fingerprint density at radius 3 is 1.46 bits per heavy atom. The Kier molecular flexibility index (Phi) is 11.9. The van der Waals surface area contributed by atoms with Gasteiger partial charge in [-0.2, -0.15) is 0 Å². The number of alkyl carbamates (subject to hydrolysis) is 1. The summed E-state index contributed by atoms with van der Waals surface area (Å²) in [6, 6.07) is 13.1. The lowest BCUT2D eigenvalue weighted by Crippen LogP contribution is -2.36. The molecule has 1 amide bonds.